The molecule has 1 aromatic heterocycles. The molecular weight excluding hydrogens is 240 g/mol. The Labute approximate surface area is 104 Å². The minimum Gasteiger partial charge on any atom is -0.618 e. The summed E-state index contributed by atoms with van der Waals surface area (Å²) in [6.07, 6.45) is 1.43. The third kappa shape index (κ3) is 1.42. The molecule has 0 unspecified atom stereocenters. The fraction of sp³-hybridized carbons (Fsp3) is 0.545. The van der Waals surface area contributed by atoms with E-state index in [9.17, 15) is 10.4 Å². The quantitative estimate of drug-likeness (QED) is 0.456. The molecule has 1 radical (unpaired) electrons. The van der Waals surface area contributed by atoms with Crippen LogP contribution in [0.25, 0.3) is 0 Å². The van der Waals surface area contributed by atoms with Crippen LogP contribution in [0.4, 0.5) is 0 Å². The highest BCUT2D eigenvalue weighted by Crippen LogP contribution is 2.36. The third-order valence-corrected chi connectivity index (χ3v) is 3.09. The fourth-order valence-corrected chi connectivity index (χ4v) is 2.15. The second-order valence-corrected chi connectivity index (χ2v) is 4.43. The average Bonchev–Trinajstić information content (AvgIpc) is 2.88. The van der Waals surface area contributed by atoms with E-state index >= 15 is 0 Å². The number of nitrogens with zero attached hydrogens (tertiary/aromatic N) is 2. The van der Waals surface area contributed by atoms with Gasteiger partial charge in [-0.15, -0.1) is 9.95 Å². The van der Waals surface area contributed by atoms with Crippen molar-refractivity contribution in [3.05, 3.63) is 29.4 Å². The number of hydrogen-bond acceptors (Lipinski definition) is 5. The van der Waals surface area contributed by atoms with Crippen LogP contribution in [0.5, 0.6) is 0 Å². The summed E-state index contributed by atoms with van der Waals surface area (Å²) in [4.78, 5) is 0. The van der Waals surface area contributed by atoms with Crippen molar-refractivity contribution in [3.63, 3.8) is 0 Å². The van der Waals surface area contributed by atoms with Crippen LogP contribution in [0, 0.1) is 5.21 Å². The monoisotopic (exact) mass is 255 g/mol. The molecule has 2 heterocycles. The molecule has 0 spiro atoms. The first-order chi connectivity index (χ1) is 8.41. The van der Waals surface area contributed by atoms with Gasteiger partial charge in [-0.3, -0.25) is 9.47 Å². The zero-order valence-electron chi connectivity index (χ0n) is 10.7. The molecule has 7 nitrogen and oxygen atoms in total. The molecule has 0 bridgehead atoms. The van der Waals surface area contributed by atoms with Crippen LogP contribution in [-0.4, -0.2) is 41.3 Å². The molecule has 0 fully saturated rings. The van der Waals surface area contributed by atoms with Crippen molar-refractivity contribution in [2.75, 3.05) is 14.2 Å². The van der Waals surface area contributed by atoms with Crippen LogP contribution in [0.2, 0.25) is 0 Å². The number of hydrogen-bond donors (Lipinski definition) is 0. The smallest absolute Gasteiger partial charge is 0.495 e. The Morgan fingerprint density at radius 3 is 2.39 bits per heavy atom. The lowest BCUT2D eigenvalue weighted by molar-refractivity contribution is -0.722. The van der Waals surface area contributed by atoms with Crippen molar-refractivity contribution in [1.82, 2.24) is 5.06 Å². The van der Waals surface area contributed by atoms with E-state index in [4.69, 9.17) is 13.9 Å². The summed E-state index contributed by atoms with van der Waals surface area (Å²) in [5, 5.41) is 25.1. The Morgan fingerprint density at radius 2 is 2.00 bits per heavy atom. The molecule has 1 aromatic rings. The molecule has 1 aliphatic rings. The van der Waals surface area contributed by atoms with E-state index < -0.39 is 11.6 Å². The standard InChI is InChI=1S/C11H15N2O5/c1-10(2)9(8-6-5-7-18-8)12(14)11(16-3,17-4)13(10)15/h5-7H,1-4H3. The van der Waals surface area contributed by atoms with Crippen LogP contribution in [0.3, 0.4) is 0 Å². The molecule has 0 aliphatic carbocycles. The van der Waals surface area contributed by atoms with Gasteiger partial charge in [0.25, 0.3) is 5.71 Å². The molecule has 0 aromatic carbocycles. The Morgan fingerprint density at radius 1 is 1.39 bits per heavy atom. The number of methoxy groups -OCH3 is 2. The lowest BCUT2D eigenvalue weighted by atomic mass is 9.97. The van der Waals surface area contributed by atoms with E-state index in [0.717, 1.165) is 0 Å². The van der Waals surface area contributed by atoms with Crippen molar-refractivity contribution in [2.45, 2.75) is 25.4 Å². The molecule has 1 aliphatic heterocycles. The lowest BCUT2D eigenvalue weighted by Gasteiger charge is -2.29. The molecule has 0 saturated heterocycles. The molecule has 0 N–H and O–H groups in total. The Hall–Kier alpha value is -1.41. The van der Waals surface area contributed by atoms with Crippen LogP contribution >= 0.6 is 0 Å². The number of ether oxygens (including phenoxy) is 2. The molecule has 0 amide bonds. The van der Waals surface area contributed by atoms with Gasteiger partial charge in [-0.25, -0.2) is 0 Å². The maximum atomic E-state index is 12.3. The summed E-state index contributed by atoms with van der Waals surface area (Å²) in [5.41, 5.74) is -0.975. The third-order valence-electron chi connectivity index (χ3n) is 3.09. The molecular formula is C11H15N2O5. The van der Waals surface area contributed by atoms with Gasteiger partial charge in [0.2, 0.25) is 0 Å². The molecule has 7 heteroatoms. The Kier molecular flexibility index (Phi) is 2.94. The largest absolute Gasteiger partial charge is 0.618 e. The molecule has 0 saturated carbocycles. The van der Waals surface area contributed by atoms with Crippen molar-refractivity contribution in [1.29, 1.82) is 0 Å². The number of furan rings is 1. The van der Waals surface area contributed by atoms with Gasteiger partial charge in [0.05, 0.1) is 6.26 Å². The van der Waals surface area contributed by atoms with E-state index in [2.05, 4.69) is 0 Å². The maximum Gasteiger partial charge on any atom is 0.495 e. The zero-order chi connectivity index (χ0) is 13.6. The van der Waals surface area contributed by atoms with Gasteiger partial charge in [0.1, 0.15) is 5.54 Å². The second-order valence-electron chi connectivity index (χ2n) is 4.43. The highest BCUT2D eigenvalue weighted by Gasteiger charge is 2.66. The van der Waals surface area contributed by atoms with Gasteiger partial charge in [-0.2, -0.15) is 0 Å². The molecule has 99 valence electrons. The minimum absolute atomic E-state index is 0.159. The van der Waals surface area contributed by atoms with E-state index in [1.807, 2.05) is 0 Å². The highest BCUT2D eigenvalue weighted by molar-refractivity contribution is 6.02. The zero-order valence-corrected chi connectivity index (χ0v) is 10.7. The fourth-order valence-electron chi connectivity index (χ4n) is 2.15. The van der Waals surface area contributed by atoms with Crippen LogP contribution in [0.15, 0.2) is 22.8 Å². The van der Waals surface area contributed by atoms with Crippen LogP contribution in [0.1, 0.15) is 19.6 Å². The van der Waals surface area contributed by atoms with E-state index in [1.165, 1.54) is 20.5 Å². The summed E-state index contributed by atoms with van der Waals surface area (Å²) < 4.78 is 15.6. The second kappa shape index (κ2) is 4.06. The van der Waals surface area contributed by atoms with Crippen LogP contribution in [-0.2, 0) is 14.7 Å². The van der Waals surface area contributed by atoms with Gasteiger partial charge in [0.15, 0.2) is 5.76 Å². The molecule has 18 heavy (non-hydrogen) atoms. The lowest BCUT2D eigenvalue weighted by Crippen LogP contribution is -2.56. The van der Waals surface area contributed by atoms with Crippen LogP contribution < -0.4 is 0 Å². The van der Waals surface area contributed by atoms with Crippen molar-refractivity contribution in [2.24, 2.45) is 0 Å². The van der Waals surface area contributed by atoms with Crippen molar-refractivity contribution < 1.29 is 23.8 Å². The van der Waals surface area contributed by atoms with Crippen molar-refractivity contribution in [3.8, 4) is 0 Å². The van der Waals surface area contributed by atoms with Gasteiger partial charge in [0, 0.05) is 14.2 Å². The summed E-state index contributed by atoms with van der Waals surface area (Å²) in [6, 6.07) is 1.23. The average molecular weight is 255 g/mol. The van der Waals surface area contributed by atoms with Crippen molar-refractivity contribution >= 4 is 5.71 Å². The summed E-state index contributed by atoms with van der Waals surface area (Å²) in [7, 11) is 2.47. The predicted octanol–water partition coefficient (Wildman–Crippen LogP) is 0.923. The molecule has 2 rings (SSSR count). The maximum absolute atomic E-state index is 12.3. The first-order valence-electron chi connectivity index (χ1n) is 5.38. The van der Waals surface area contributed by atoms with E-state index in [-0.39, 0.29) is 5.71 Å². The first-order valence-corrected chi connectivity index (χ1v) is 5.38. The SMILES string of the molecule is COC1(OC)N([O])C(C)(C)C(c2ccco2)=[N+]1[O-]. The normalized spacial score (nSPS) is 22.7. The van der Waals surface area contributed by atoms with Gasteiger partial charge < -0.3 is 9.62 Å². The Bertz CT molecular complexity index is 462. The minimum atomic E-state index is -2.02. The van der Waals surface area contributed by atoms with Gasteiger partial charge in [-0.1, -0.05) is 0 Å². The Balaban J connectivity index is 2.64. The van der Waals surface area contributed by atoms with Gasteiger partial charge in [-0.05, 0) is 31.0 Å². The summed E-state index contributed by atoms with van der Waals surface area (Å²) in [5.74, 6) is 0.312. The first kappa shape index (κ1) is 13.0. The van der Waals surface area contributed by atoms with Gasteiger partial charge >= 0.3 is 6.03 Å². The number of hydroxylamine groups is 3. The van der Waals surface area contributed by atoms with E-state index in [0.29, 0.717) is 15.6 Å². The summed E-state index contributed by atoms with van der Waals surface area (Å²) >= 11 is 0. The predicted molar refractivity (Wildman–Crippen MR) is 59.8 cm³/mol. The molecule has 0 atom stereocenters. The highest BCUT2D eigenvalue weighted by atomic mass is 16.8. The topological polar surface area (TPSA) is 80.8 Å². The summed E-state index contributed by atoms with van der Waals surface area (Å²) in [6.45, 7) is 3.20. The number of rotatable bonds is 3. The van der Waals surface area contributed by atoms with E-state index in [1.54, 1.807) is 26.0 Å².